The number of rotatable bonds is 4. The van der Waals surface area contributed by atoms with Crippen molar-refractivity contribution >= 4 is 11.3 Å². The molecule has 0 amide bonds. The van der Waals surface area contributed by atoms with Crippen LogP contribution in [0.1, 0.15) is 10.4 Å². The van der Waals surface area contributed by atoms with Gasteiger partial charge in [-0.2, -0.15) is 5.26 Å². The minimum atomic E-state index is 0.529. The summed E-state index contributed by atoms with van der Waals surface area (Å²) < 4.78 is 5.52. The quantitative estimate of drug-likeness (QED) is 0.811. The zero-order valence-electron chi connectivity index (χ0n) is 8.59. The van der Waals surface area contributed by atoms with E-state index in [1.54, 1.807) is 29.8 Å². The van der Waals surface area contributed by atoms with Gasteiger partial charge in [0, 0.05) is 17.5 Å². The van der Waals surface area contributed by atoms with Crippen molar-refractivity contribution in [3.8, 4) is 11.8 Å². The Labute approximate surface area is 97.9 Å². The maximum absolute atomic E-state index is 8.85. The molecular formula is C12H10N2OS. The predicted molar refractivity (Wildman–Crippen MR) is 62.5 cm³/mol. The molecule has 2 aromatic rings. The van der Waals surface area contributed by atoms with Crippen LogP contribution in [-0.4, -0.2) is 11.6 Å². The molecule has 0 N–H and O–H groups in total. The monoisotopic (exact) mass is 230 g/mol. The van der Waals surface area contributed by atoms with Crippen LogP contribution in [0.2, 0.25) is 0 Å². The third-order valence-electron chi connectivity index (χ3n) is 2.09. The first-order chi connectivity index (χ1) is 7.90. The number of aromatic nitrogens is 1. The van der Waals surface area contributed by atoms with Gasteiger partial charge in [-0.15, -0.1) is 11.3 Å². The van der Waals surface area contributed by atoms with E-state index in [4.69, 9.17) is 10.00 Å². The van der Waals surface area contributed by atoms with Crippen LogP contribution in [0.15, 0.2) is 36.0 Å². The molecule has 0 spiro atoms. The third kappa shape index (κ3) is 2.59. The molecule has 0 fully saturated rings. The summed E-state index contributed by atoms with van der Waals surface area (Å²) in [6.45, 7) is 0.570. The van der Waals surface area contributed by atoms with Crippen LogP contribution in [0.3, 0.4) is 0 Å². The number of thiophene rings is 1. The summed E-state index contributed by atoms with van der Waals surface area (Å²) in [6, 6.07) is 7.82. The van der Waals surface area contributed by atoms with Gasteiger partial charge in [-0.3, -0.25) is 4.98 Å². The van der Waals surface area contributed by atoms with Crippen LogP contribution in [0.4, 0.5) is 0 Å². The fourth-order valence-corrected chi connectivity index (χ4v) is 1.99. The molecule has 2 rings (SSSR count). The molecule has 0 saturated heterocycles. The van der Waals surface area contributed by atoms with E-state index < -0.39 is 0 Å². The fourth-order valence-electron chi connectivity index (χ4n) is 1.30. The summed E-state index contributed by atoms with van der Waals surface area (Å²) in [5, 5.41) is 10.9. The van der Waals surface area contributed by atoms with Crippen molar-refractivity contribution in [1.29, 1.82) is 5.26 Å². The van der Waals surface area contributed by atoms with Crippen LogP contribution in [-0.2, 0) is 6.42 Å². The molecule has 0 saturated carbocycles. The topological polar surface area (TPSA) is 45.9 Å². The standard InChI is InChI=1S/C12H10N2OS/c13-8-10-3-5-14-9-12(10)15-6-4-11-2-1-7-16-11/h1-3,5,7,9H,4,6H2. The number of nitriles is 1. The molecule has 2 aromatic heterocycles. The van der Waals surface area contributed by atoms with Gasteiger partial charge >= 0.3 is 0 Å². The molecule has 2 heterocycles. The van der Waals surface area contributed by atoms with E-state index in [1.807, 2.05) is 11.4 Å². The Morgan fingerprint density at radius 2 is 2.38 bits per heavy atom. The van der Waals surface area contributed by atoms with Crippen LogP contribution >= 0.6 is 11.3 Å². The molecule has 0 aliphatic rings. The molecule has 16 heavy (non-hydrogen) atoms. The summed E-state index contributed by atoms with van der Waals surface area (Å²) >= 11 is 1.71. The third-order valence-corrected chi connectivity index (χ3v) is 3.03. The van der Waals surface area contributed by atoms with Crippen LogP contribution < -0.4 is 4.74 Å². The molecule has 0 aliphatic heterocycles. The van der Waals surface area contributed by atoms with Gasteiger partial charge in [0.15, 0.2) is 5.75 Å². The van der Waals surface area contributed by atoms with Gasteiger partial charge in [-0.05, 0) is 17.5 Å². The predicted octanol–water partition coefficient (Wildman–Crippen LogP) is 2.64. The first-order valence-electron chi connectivity index (χ1n) is 4.89. The zero-order valence-corrected chi connectivity index (χ0v) is 9.41. The molecule has 0 radical (unpaired) electrons. The molecule has 3 nitrogen and oxygen atoms in total. The van der Waals surface area contributed by atoms with E-state index in [0.29, 0.717) is 17.9 Å². The van der Waals surface area contributed by atoms with Crippen molar-refractivity contribution < 1.29 is 4.74 Å². The Balaban J connectivity index is 1.93. The highest BCUT2D eigenvalue weighted by Crippen LogP contribution is 2.16. The van der Waals surface area contributed by atoms with Crippen molar-refractivity contribution in [2.45, 2.75) is 6.42 Å². The van der Waals surface area contributed by atoms with Crippen molar-refractivity contribution in [3.05, 3.63) is 46.4 Å². The second-order valence-electron chi connectivity index (χ2n) is 3.16. The lowest BCUT2D eigenvalue weighted by Gasteiger charge is -2.05. The van der Waals surface area contributed by atoms with Gasteiger partial charge in [0.05, 0.1) is 18.4 Å². The molecule has 0 atom stereocenters. The zero-order chi connectivity index (χ0) is 11.2. The van der Waals surface area contributed by atoms with Crippen molar-refractivity contribution in [2.75, 3.05) is 6.61 Å². The average Bonchev–Trinajstić information content (AvgIpc) is 2.83. The molecule has 0 aromatic carbocycles. The van der Waals surface area contributed by atoms with Gasteiger partial charge in [-0.1, -0.05) is 6.07 Å². The largest absolute Gasteiger partial charge is 0.490 e. The highest BCUT2D eigenvalue weighted by atomic mass is 32.1. The molecule has 0 unspecified atom stereocenters. The number of hydrogen-bond acceptors (Lipinski definition) is 4. The Morgan fingerprint density at radius 3 is 3.12 bits per heavy atom. The fraction of sp³-hybridized carbons (Fsp3) is 0.167. The first kappa shape index (κ1) is 10.7. The van der Waals surface area contributed by atoms with Gasteiger partial charge in [-0.25, -0.2) is 0 Å². The van der Waals surface area contributed by atoms with Crippen LogP contribution in [0, 0.1) is 11.3 Å². The minimum Gasteiger partial charge on any atom is -0.490 e. The summed E-state index contributed by atoms with van der Waals surface area (Å²) in [6.07, 6.45) is 4.02. The highest BCUT2D eigenvalue weighted by molar-refractivity contribution is 7.09. The second kappa shape index (κ2) is 5.29. The summed E-state index contributed by atoms with van der Waals surface area (Å²) in [5.41, 5.74) is 0.529. The molecule has 0 bridgehead atoms. The van der Waals surface area contributed by atoms with Gasteiger partial charge < -0.3 is 4.74 Å². The molecular weight excluding hydrogens is 220 g/mol. The number of ether oxygens (including phenoxy) is 1. The normalized spacial score (nSPS) is 9.69. The number of hydrogen-bond donors (Lipinski definition) is 0. The number of nitrogens with zero attached hydrogens (tertiary/aromatic N) is 2. The lowest BCUT2D eigenvalue weighted by molar-refractivity contribution is 0.321. The van der Waals surface area contributed by atoms with E-state index in [1.165, 1.54) is 4.88 Å². The summed E-state index contributed by atoms with van der Waals surface area (Å²) in [5.74, 6) is 0.557. The maximum Gasteiger partial charge on any atom is 0.155 e. The molecule has 80 valence electrons. The van der Waals surface area contributed by atoms with Gasteiger partial charge in [0.2, 0.25) is 0 Å². The van der Waals surface area contributed by atoms with Crippen LogP contribution in [0.5, 0.6) is 5.75 Å². The maximum atomic E-state index is 8.85. The smallest absolute Gasteiger partial charge is 0.155 e. The van der Waals surface area contributed by atoms with E-state index in [-0.39, 0.29) is 0 Å². The van der Waals surface area contributed by atoms with E-state index in [9.17, 15) is 0 Å². The van der Waals surface area contributed by atoms with Crippen molar-refractivity contribution in [3.63, 3.8) is 0 Å². The first-order valence-corrected chi connectivity index (χ1v) is 5.77. The molecule has 4 heteroatoms. The Bertz CT molecular complexity index is 488. The molecule has 0 aliphatic carbocycles. The van der Waals surface area contributed by atoms with E-state index in [2.05, 4.69) is 17.1 Å². The lowest BCUT2D eigenvalue weighted by atomic mass is 10.3. The average molecular weight is 230 g/mol. The van der Waals surface area contributed by atoms with Crippen molar-refractivity contribution in [2.24, 2.45) is 0 Å². The number of pyridine rings is 1. The minimum absolute atomic E-state index is 0.529. The van der Waals surface area contributed by atoms with Crippen LogP contribution in [0.25, 0.3) is 0 Å². The SMILES string of the molecule is N#Cc1ccncc1OCCc1cccs1. The Kier molecular flexibility index (Phi) is 3.52. The van der Waals surface area contributed by atoms with Gasteiger partial charge in [0.25, 0.3) is 0 Å². The summed E-state index contributed by atoms with van der Waals surface area (Å²) in [7, 11) is 0. The van der Waals surface area contributed by atoms with Gasteiger partial charge in [0.1, 0.15) is 6.07 Å². The summed E-state index contributed by atoms with van der Waals surface area (Å²) in [4.78, 5) is 5.22. The lowest BCUT2D eigenvalue weighted by Crippen LogP contribution is -2.01. The van der Waals surface area contributed by atoms with Crippen molar-refractivity contribution in [1.82, 2.24) is 4.98 Å². The Hall–Kier alpha value is -1.86. The second-order valence-corrected chi connectivity index (χ2v) is 4.19. The van der Waals surface area contributed by atoms with E-state index in [0.717, 1.165) is 6.42 Å². The highest BCUT2D eigenvalue weighted by Gasteiger charge is 2.02. The Morgan fingerprint density at radius 1 is 1.44 bits per heavy atom. The van der Waals surface area contributed by atoms with E-state index >= 15 is 0 Å².